The Hall–Kier alpha value is -1.75. The van der Waals surface area contributed by atoms with Crippen molar-refractivity contribution in [1.29, 1.82) is 0 Å². The Morgan fingerprint density at radius 3 is 2.28 bits per heavy atom. The number of Topliss-reactive ketones (excluding diaryl/α,β-unsaturated/α-hetero) is 1. The molecule has 0 aliphatic carbocycles. The van der Waals surface area contributed by atoms with E-state index in [0.717, 1.165) is 0 Å². The van der Waals surface area contributed by atoms with Gasteiger partial charge in [-0.2, -0.15) is 0 Å². The minimum atomic E-state index is -0.533. The van der Waals surface area contributed by atoms with Gasteiger partial charge in [-0.1, -0.05) is 12.1 Å². The average Bonchev–Trinajstić information content (AvgIpc) is 2.28. The monoisotopic (exact) mass is 252 g/mol. The van der Waals surface area contributed by atoms with Crippen LogP contribution in [-0.2, 0) is 4.79 Å². The maximum Gasteiger partial charge on any atom is 0.236 e. The first kappa shape index (κ1) is 14.3. The van der Waals surface area contributed by atoms with Gasteiger partial charge in [0.25, 0.3) is 0 Å². The van der Waals surface area contributed by atoms with Gasteiger partial charge in [-0.25, -0.2) is 4.39 Å². The molecule has 0 aliphatic rings. The molecule has 0 fully saturated rings. The number of ketones is 1. The summed E-state index contributed by atoms with van der Waals surface area (Å²) in [7, 11) is 4.95. The maximum atomic E-state index is 13.4. The van der Waals surface area contributed by atoms with Gasteiger partial charge in [0.2, 0.25) is 5.91 Å². The molecule has 0 radical (unpaired) electrons. The fourth-order valence-electron chi connectivity index (χ4n) is 1.45. The van der Waals surface area contributed by atoms with Gasteiger partial charge in [-0.05, 0) is 19.2 Å². The van der Waals surface area contributed by atoms with Crippen LogP contribution in [0.1, 0.15) is 10.4 Å². The number of carbonyl (C=O) groups excluding carboxylic acids is 2. The highest BCUT2D eigenvalue weighted by atomic mass is 19.1. The molecule has 0 atom stereocenters. The largest absolute Gasteiger partial charge is 0.348 e. The Labute approximate surface area is 106 Å². The highest BCUT2D eigenvalue weighted by Gasteiger charge is 2.15. The third kappa shape index (κ3) is 3.92. The predicted octanol–water partition coefficient (Wildman–Crippen LogP) is 1.03. The molecular weight excluding hydrogens is 235 g/mol. The second kappa shape index (κ2) is 6.26. The van der Waals surface area contributed by atoms with Crippen molar-refractivity contribution in [1.82, 2.24) is 9.80 Å². The number of hydrogen-bond donors (Lipinski definition) is 0. The minimum absolute atomic E-state index is 0.0144. The fourth-order valence-corrected chi connectivity index (χ4v) is 1.45. The summed E-state index contributed by atoms with van der Waals surface area (Å²) in [5, 5.41) is 0. The van der Waals surface area contributed by atoms with Crippen LogP contribution in [0.5, 0.6) is 0 Å². The van der Waals surface area contributed by atoms with Crippen molar-refractivity contribution >= 4 is 11.7 Å². The van der Waals surface area contributed by atoms with Crippen LogP contribution >= 0.6 is 0 Å². The van der Waals surface area contributed by atoms with Crippen LogP contribution in [0.2, 0.25) is 0 Å². The summed E-state index contributed by atoms with van der Waals surface area (Å²) >= 11 is 0. The SMILES string of the molecule is CN(CC(=O)c1ccccc1F)CC(=O)N(C)C. The van der Waals surface area contributed by atoms with Crippen LogP contribution in [0.15, 0.2) is 24.3 Å². The number of hydrogen-bond acceptors (Lipinski definition) is 3. The van der Waals surface area contributed by atoms with Crippen LogP contribution in [0.3, 0.4) is 0 Å². The van der Waals surface area contributed by atoms with Gasteiger partial charge in [0.1, 0.15) is 5.82 Å². The third-order valence-corrected chi connectivity index (χ3v) is 2.49. The molecule has 5 heteroatoms. The Balaban J connectivity index is 2.60. The van der Waals surface area contributed by atoms with Crippen molar-refractivity contribution in [2.24, 2.45) is 0 Å². The van der Waals surface area contributed by atoms with E-state index in [1.807, 2.05) is 0 Å². The van der Waals surface area contributed by atoms with Gasteiger partial charge < -0.3 is 4.90 Å². The maximum absolute atomic E-state index is 13.4. The molecule has 0 spiro atoms. The Morgan fingerprint density at radius 2 is 1.72 bits per heavy atom. The first-order valence-electron chi connectivity index (χ1n) is 5.58. The summed E-state index contributed by atoms with van der Waals surface area (Å²) < 4.78 is 13.4. The average molecular weight is 252 g/mol. The zero-order chi connectivity index (χ0) is 13.7. The molecule has 1 rings (SSSR count). The van der Waals surface area contributed by atoms with E-state index in [1.165, 1.54) is 23.1 Å². The topological polar surface area (TPSA) is 40.6 Å². The van der Waals surface area contributed by atoms with E-state index in [4.69, 9.17) is 0 Å². The van der Waals surface area contributed by atoms with Gasteiger partial charge in [0.05, 0.1) is 18.7 Å². The van der Waals surface area contributed by atoms with E-state index >= 15 is 0 Å². The number of likely N-dealkylation sites (N-methyl/N-ethyl adjacent to an activating group) is 2. The summed E-state index contributed by atoms with van der Waals surface area (Å²) in [6.45, 7) is 0.147. The standard InChI is InChI=1S/C13H17FN2O2/c1-15(2)13(18)9-16(3)8-12(17)10-6-4-5-7-11(10)14/h4-7H,8-9H2,1-3H3. The molecule has 0 aromatic heterocycles. The molecule has 0 bridgehead atoms. The second-order valence-electron chi connectivity index (χ2n) is 4.36. The summed E-state index contributed by atoms with van der Waals surface area (Å²) in [6.07, 6.45) is 0. The number of benzene rings is 1. The smallest absolute Gasteiger partial charge is 0.236 e. The van der Waals surface area contributed by atoms with E-state index in [1.54, 1.807) is 32.1 Å². The first-order chi connectivity index (χ1) is 8.41. The lowest BCUT2D eigenvalue weighted by Gasteiger charge is -2.18. The number of carbonyl (C=O) groups is 2. The molecule has 0 unspecified atom stereocenters. The zero-order valence-electron chi connectivity index (χ0n) is 10.8. The van der Waals surface area contributed by atoms with E-state index in [9.17, 15) is 14.0 Å². The Morgan fingerprint density at radius 1 is 1.11 bits per heavy atom. The molecule has 18 heavy (non-hydrogen) atoms. The third-order valence-electron chi connectivity index (χ3n) is 2.49. The predicted molar refractivity (Wildman–Crippen MR) is 66.9 cm³/mol. The van der Waals surface area contributed by atoms with Gasteiger partial charge in [-0.15, -0.1) is 0 Å². The molecule has 0 saturated carbocycles. The Kier molecular flexibility index (Phi) is 4.97. The van der Waals surface area contributed by atoms with Crippen LogP contribution in [0, 0.1) is 5.82 Å². The lowest BCUT2D eigenvalue weighted by molar-refractivity contribution is -0.129. The van der Waals surface area contributed by atoms with Crippen molar-refractivity contribution in [2.75, 3.05) is 34.2 Å². The van der Waals surface area contributed by atoms with Gasteiger partial charge in [-0.3, -0.25) is 14.5 Å². The van der Waals surface area contributed by atoms with Crippen LogP contribution in [0.4, 0.5) is 4.39 Å². The highest BCUT2D eigenvalue weighted by Crippen LogP contribution is 2.07. The number of nitrogens with zero attached hydrogens (tertiary/aromatic N) is 2. The molecule has 0 saturated heterocycles. The normalized spacial score (nSPS) is 10.5. The van der Waals surface area contributed by atoms with E-state index in [0.29, 0.717) is 0 Å². The quantitative estimate of drug-likeness (QED) is 0.735. The highest BCUT2D eigenvalue weighted by molar-refractivity contribution is 5.98. The van der Waals surface area contributed by atoms with Crippen LogP contribution in [0.25, 0.3) is 0 Å². The van der Waals surface area contributed by atoms with Crippen molar-refractivity contribution in [2.45, 2.75) is 0 Å². The van der Waals surface area contributed by atoms with E-state index in [-0.39, 0.29) is 30.3 Å². The zero-order valence-corrected chi connectivity index (χ0v) is 10.8. The molecule has 0 N–H and O–H groups in total. The van der Waals surface area contributed by atoms with Crippen LogP contribution < -0.4 is 0 Å². The molecule has 4 nitrogen and oxygen atoms in total. The van der Waals surface area contributed by atoms with E-state index < -0.39 is 5.82 Å². The van der Waals surface area contributed by atoms with Crippen molar-refractivity contribution in [3.8, 4) is 0 Å². The fraction of sp³-hybridized carbons (Fsp3) is 0.385. The van der Waals surface area contributed by atoms with Crippen molar-refractivity contribution in [3.05, 3.63) is 35.6 Å². The summed E-state index contributed by atoms with van der Waals surface area (Å²) in [5.74, 6) is -0.962. The van der Waals surface area contributed by atoms with Gasteiger partial charge >= 0.3 is 0 Å². The van der Waals surface area contributed by atoms with Crippen molar-refractivity contribution in [3.63, 3.8) is 0 Å². The van der Waals surface area contributed by atoms with E-state index in [2.05, 4.69) is 0 Å². The molecule has 98 valence electrons. The molecule has 1 amide bonds. The van der Waals surface area contributed by atoms with Gasteiger partial charge in [0, 0.05) is 14.1 Å². The lowest BCUT2D eigenvalue weighted by atomic mass is 10.1. The molecular formula is C13H17FN2O2. The van der Waals surface area contributed by atoms with Gasteiger partial charge in [0.15, 0.2) is 5.78 Å². The number of amides is 1. The number of halogens is 1. The second-order valence-corrected chi connectivity index (χ2v) is 4.36. The molecule has 1 aromatic rings. The lowest BCUT2D eigenvalue weighted by Crippen LogP contribution is -2.37. The molecule has 0 heterocycles. The number of rotatable bonds is 5. The van der Waals surface area contributed by atoms with Crippen LogP contribution in [-0.4, -0.2) is 55.7 Å². The molecule has 0 aliphatic heterocycles. The summed E-state index contributed by atoms with van der Waals surface area (Å²) in [4.78, 5) is 26.3. The molecule has 1 aromatic carbocycles. The minimum Gasteiger partial charge on any atom is -0.348 e. The summed E-state index contributed by atoms with van der Waals surface area (Å²) in [6, 6.07) is 5.84. The van der Waals surface area contributed by atoms with Crippen molar-refractivity contribution < 1.29 is 14.0 Å². The first-order valence-corrected chi connectivity index (χ1v) is 5.58. The summed E-state index contributed by atoms with van der Waals surface area (Å²) in [5.41, 5.74) is 0.0571. The Bertz CT molecular complexity index is 446.